The summed E-state index contributed by atoms with van der Waals surface area (Å²) in [4.78, 5) is 168. The van der Waals surface area contributed by atoms with Crippen LogP contribution in [-0.4, -0.2) is 170 Å². The highest BCUT2D eigenvalue weighted by Crippen LogP contribution is 2.12. The summed E-state index contributed by atoms with van der Waals surface area (Å²) in [5.74, 6) is -14.7. The number of hydrogen-bond acceptors (Lipinski definition) is 15. The van der Waals surface area contributed by atoms with Crippen molar-refractivity contribution in [2.24, 2.45) is 17.6 Å². The van der Waals surface area contributed by atoms with E-state index in [1.165, 1.54) is 0 Å². The third kappa shape index (κ3) is 27.9. The minimum absolute atomic E-state index is 0.0165. The van der Waals surface area contributed by atoms with Crippen LogP contribution in [0.2, 0.25) is 0 Å². The lowest BCUT2D eigenvalue weighted by Crippen LogP contribution is -2.61. The predicted octanol–water partition coefficient (Wildman–Crippen LogP) is -3.04. The molecule has 28 heteroatoms. The van der Waals surface area contributed by atoms with E-state index >= 15 is 0 Å². The van der Waals surface area contributed by atoms with Gasteiger partial charge >= 0.3 is 17.9 Å². The van der Waals surface area contributed by atoms with Gasteiger partial charge in [0.1, 0.15) is 48.3 Å². The number of amides is 10. The summed E-state index contributed by atoms with van der Waals surface area (Å²) in [7, 11) is 0. The zero-order valence-electron chi connectivity index (χ0n) is 44.8. The van der Waals surface area contributed by atoms with Gasteiger partial charge in [-0.3, -0.25) is 62.3 Å². The molecule has 0 aliphatic rings. The minimum atomic E-state index is -1.91. The number of carbonyl (C=O) groups is 13. The van der Waals surface area contributed by atoms with Gasteiger partial charge in [-0.05, 0) is 62.8 Å². The molecular formula is C50H78N10O18. The summed E-state index contributed by atoms with van der Waals surface area (Å²) >= 11 is 0. The van der Waals surface area contributed by atoms with Crippen molar-refractivity contribution < 1.29 is 87.9 Å². The van der Waals surface area contributed by atoms with Gasteiger partial charge in [0.05, 0.1) is 19.1 Å². The lowest BCUT2D eigenvalue weighted by atomic mass is 10.0. The fourth-order valence-corrected chi connectivity index (χ4v) is 7.63. The van der Waals surface area contributed by atoms with E-state index in [0.717, 1.165) is 13.8 Å². The normalized spacial score (nSPS) is 14.5. The number of aliphatic carboxylic acids is 3. The van der Waals surface area contributed by atoms with Crippen molar-refractivity contribution in [3.05, 3.63) is 35.9 Å². The van der Waals surface area contributed by atoms with Crippen LogP contribution in [0.5, 0.6) is 0 Å². The Morgan fingerprint density at radius 2 is 0.949 bits per heavy atom. The Bertz CT molecular complexity index is 2230. The van der Waals surface area contributed by atoms with Crippen LogP contribution in [0.15, 0.2) is 30.3 Å². The summed E-state index contributed by atoms with van der Waals surface area (Å²) in [6.45, 7) is 8.23. The average molecular weight is 1110 g/mol. The largest absolute Gasteiger partial charge is 0.481 e. The van der Waals surface area contributed by atoms with Gasteiger partial charge in [0.15, 0.2) is 0 Å². The number of aliphatic hydroxyl groups is 2. The monoisotopic (exact) mass is 1110 g/mol. The minimum Gasteiger partial charge on any atom is -0.481 e. The third-order valence-electron chi connectivity index (χ3n) is 11.5. The van der Waals surface area contributed by atoms with Crippen LogP contribution < -0.4 is 53.6 Å². The molecule has 0 unspecified atom stereocenters. The van der Waals surface area contributed by atoms with Crippen LogP contribution in [0, 0.1) is 11.8 Å². The highest BCUT2D eigenvalue weighted by Gasteiger charge is 2.36. The van der Waals surface area contributed by atoms with Crippen LogP contribution in [-0.2, 0) is 68.7 Å². The van der Waals surface area contributed by atoms with Gasteiger partial charge in [0, 0.05) is 32.8 Å². The lowest BCUT2D eigenvalue weighted by Gasteiger charge is -2.27. The zero-order valence-corrected chi connectivity index (χ0v) is 44.8. The lowest BCUT2D eigenvalue weighted by molar-refractivity contribution is -0.142. The molecule has 0 radical (unpaired) electrons. The summed E-state index contributed by atoms with van der Waals surface area (Å²) in [5, 5.41) is 69.4. The number of nitrogens with two attached hydrogens (primary N) is 1. The van der Waals surface area contributed by atoms with E-state index in [1.54, 1.807) is 44.2 Å². The second kappa shape index (κ2) is 35.6. The molecule has 0 spiro atoms. The first kappa shape index (κ1) is 68.3. The van der Waals surface area contributed by atoms with Gasteiger partial charge in [-0.1, -0.05) is 70.9 Å². The van der Waals surface area contributed by atoms with E-state index in [4.69, 9.17) is 5.73 Å². The fourth-order valence-electron chi connectivity index (χ4n) is 7.63. The van der Waals surface area contributed by atoms with E-state index in [-0.39, 0.29) is 44.1 Å². The quantitative estimate of drug-likeness (QED) is 0.0293. The second-order valence-corrected chi connectivity index (χ2v) is 19.5. The number of hydrogen-bond donors (Lipinski definition) is 15. The van der Waals surface area contributed by atoms with Crippen molar-refractivity contribution in [3.8, 4) is 0 Å². The summed E-state index contributed by atoms with van der Waals surface area (Å²) < 4.78 is 0. The molecule has 0 aliphatic carbocycles. The van der Waals surface area contributed by atoms with Crippen molar-refractivity contribution in [1.82, 2.24) is 47.9 Å². The van der Waals surface area contributed by atoms with Gasteiger partial charge in [0.2, 0.25) is 59.1 Å². The molecule has 10 amide bonds. The number of unbranched alkanes of at least 4 members (excludes halogenated alkanes) is 2. The summed E-state index contributed by atoms with van der Waals surface area (Å²) in [6, 6.07) is -3.90. The smallest absolute Gasteiger partial charge is 0.305 e. The van der Waals surface area contributed by atoms with E-state index < -0.39 is 170 Å². The van der Waals surface area contributed by atoms with Gasteiger partial charge in [0.25, 0.3) is 0 Å². The Morgan fingerprint density at radius 3 is 1.42 bits per heavy atom. The van der Waals surface area contributed by atoms with Crippen molar-refractivity contribution in [1.29, 1.82) is 0 Å². The molecular weight excluding hydrogens is 1030 g/mol. The van der Waals surface area contributed by atoms with Crippen LogP contribution in [0.1, 0.15) is 118 Å². The number of carboxylic acid groups (broad SMARTS) is 3. The van der Waals surface area contributed by atoms with Crippen LogP contribution in [0.3, 0.4) is 0 Å². The molecule has 0 saturated carbocycles. The highest BCUT2D eigenvalue weighted by molar-refractivity contribution is 5.99. The van der Waals surface area contributed by atoms with Crippen LogP contribution in [0.4, 0.5) is 0 Å². The molecule has 1 aromatic carbocycles. The number of benzene rings is 1. The van der Waals surface area contributed by atoms with Crippen molar-refractivity contribution in [2.45, 2.75) is 173 Å². The number of carboxylic acids is 3. The number of carbonyl (C=O) groups excluding carboxylic acids is 10. The molecule has 1 rings (SSSR count). The molecule has 0 aromatic heterocycles. The zero-order chi connectivity index (χ0) is 59.2. The maximum atomic E-state index is 13.9. The molecule has 0 aliphatic heterocycles. The number of nitrogens with one attached hydrogen (secondary N) is 9. The SMILES string of the molecule is CC(=O)N[C@@H](CC(C)C)C(=O)N[C@@H](CC(=O)O)C(=O)N[C@@H](CCC(=O)O)C(=O)N[C@@H](CCC(=O)O)C(=O)N[C@H](C(=O)NCC(=O)N[C@@H](CCCCCO)C(=O)N[C@@H](Cc1ccccc1)C(=O)N[C@@H](CC(C)C)C(N)=O)[C@@H](C)O. The van der Waals surface area contributed by atoms with E-state index in [2.05, 4.69) is 47.9 Å². The van der Waals surface area contributed by atoms with Crippen molar-refractivity contribution >= 4 is 77.0 Å². The predicted molar refractivity (Wildman–Crippen MR) is 276 cm³/mol. The first-order valence-electron chi connectivity index (χ1n) is 25.5. The van der Waals surface area contributed by atoms with Gasteiger partial charge < -0.3 is 79.1 Å². The molecule has 436 valence electrons. The number of rotatable bonds is 38. The van der Waals surface area contributed by atoms with Crippen LogP contribution in [0.25, 0.3) is 0 Å². The second-order valence-electron chi connectivity index (χ2n) is 19.5. The maximum absolute atomic E-state index is 13.9. The molecule has 28 nitrogen and oxygen atoms in total. The summed E-state index contributed by atoms with van der Waals surface area (Å²) in [5.41, 5.74) is 6.19. The van der Waals surface area contributed by atoms with E-state index in [1.807, 2.05) is 13.8 Å². The molecule has 16 N–H and O–H groups in total. The Morgan fingerprint density at radius 1 is 0.500 bits per heavy atom. The number of aliphatic hydroxyl groups excluding tert-OH is 2. The molecule has 78 heavy (non-hydrogen) atoms. The molecule has 0 fully saturated rings. The Hall–Kier alpha value is -7.75. The highest BCUT2D eigenvalue weighted by atomic mass is 16.4. The molecule has 0 heterocycles. The van der Waals surface area contributed by atoms with Gasteiger partial charge in [-0.2, -0.15) is 0 Å². The molecule has 0 saturated heterocycles. The summed E-state index contributed by atoms with van der Waals surface area (Å²) in [6.07, 6.45) is -4.48. The van der Waals surface area contributed by atoms with Gasteiger partial charge in [-0.15, -0.1) is 0 Å². The fraction of sp³-hybridized carbons (Fsp3) is 0.620. The Balaban J connectivity index is 3.39. The van der Waals surface area contributed by atoms with Crippen LogP contribution >= 0.6 is 0 Å². The van der Waals surface area contributed by atoms with Crippen molar-refractivity contribution in [3.63, 3.8) is 0 Å². The first-order valence-corrected chi connectivity index (χ1v) is 25.5. The van der Waals surface area contributed by atoms with Crippen molar-refractivity contribution in [2.75, 3.05) is 13.2 Å². The van der Waals surface area contributed by atoms with E-state index in [0.29, 0.717) is 24.8 Å². The topological polar surface area (TPSA) is 457 Å². The first-order chi connectivity index (χ1) is 36.5. The molecule has 1 aromatic rings. The maximum Gasteiger partial charge on any atom is 0.305 e. The molecule has 0 bridgehead atoms. The van der Waals surface area contributed by atoms with E-state index in [9.17, 15) is 87.9 Å². The third-order valence-corrected chi connectivity index (χ3v) is 11.5. The standard InChI is InChI=1S/C50H78N10O18/c1-26(2)21-34(43(51)71)57-48(76)36(23-30-13-9-7-10-14-30)58-44(72)31(15-11-8-12-20-61)54-38(64)25-52-50(78)42(28(5)62)60-46(74)33(17-19-40(67)68)55-45(73)32(16-18-39(65)66)56-49(77)37(24-41(69)70)59-47(75)35(22-27(3)4)53-29(6)63/h7,9-10,13-14,26-28,31-37,42,61-62H,8,11-12,15-25H2,1-6H3,(H2,51,71)(H,52,78)(H,53,63)(H,54,64)(H,55,73)(H,56,77)(H,57,76)(H,58,72)(H,59,75)(H,60,74)(H,65,66)(H,67,68)(H,69,70)/t28-,31+,32+,33+,34+,35+,36+,37+,42+/m1/s1. The molecule has 9 atom stereocenters. The average Bonchev–Trinajstić information content (AvgIpc) is 3.34. The Labute approximate surface area is 451 Å². The van der Waals surface area contributed by atoms with Gasteiger partial charge in [-0.25, -0.2) is 0 Å². The Kier molecular flexibility index (Phi) is 31.1. The number of primary amides is 1.